The molecule has 0 saturated carbocycles. The number of rotatable bonds is 6. The summed E-state index contributed by atoms with van der Waals surface area (Å²) in [5, 5.41) is 3.28. The van der Waals surface area contributed by atoms with Gasteiger partial charge in [0.15, 0.2) is 4.34 Å². The topological polar surface area (TPSA) is 50.7 Å². The number of nitrogens with zero attached hydrogens (tertiary/aromatic N) is 3. The summed E-state index contributed by atoms with van der Waals surface area (Å²) >= 11 is 3.16. The molecule has 0 atom stereocenters. The van der Waals surface area contributed by atoms with Crippen molar-refractivity contribution in [3.63, 3.8) is 0 Å². The highest BCUT2D eigenvalue weighted by atomic mass is 32.2. The van der Waals surface area contributed by atoms with Crippen molar-refractivity contribution in [3.8, 4) is 0 Å². The highest BCUT2D eigenvalue weighted by Crippen LogP contribution is 2.24. The number of thioether (sulfide) groups is 1. The number of aryl methyl sites for hydroxylation is 1. The van der Waals surface area contributed by atoms with E-state index in [1.54, 1.807) is 11.8 Å². The van der Waals surface area contributed by atoms with Crippen LogP contribution in [0, 0.1) is 0 Å². The molecule has 0 fully saturated rings. The van der Waals surface area contributed by atoms with Crippen LogP contribution in [0.15, 0.2) is 22.7 Å². The van der Waals surface area contributed by atoms with Gasteiger partial charge in [0.25, 0.3) is 0 Å². The molecule has 4 nitrogen and oxygen atoms in total. The summed E-state index contributed by atoms with van der Waals surface area (Å²) in [6.07, 6.45) is 2.73. The van der Waals surface area contributed by atoms with Crippen LogP contribution in [0.3, 0.4) is 0 Å². The third kappa shape index (κ3) is 3.68. The molecule has 0 bridgehead atoms. The fourth-order valence-corrected chi connectivity index (χ4v) is 3.05. The van der Waals surface area contributed by atoms with Gasteiger partial charge in [0.1, 0.15) is 5.82 Å². The van der Waals surface area contributed by atoms with Crippen molar-refractivity contribution in [2.45, 2.75) is 30.4 Å². The van der Waals surface area contributed by atoms with E-state index in [0.29, 0.717) is 0 Å². The zero-order valence-corrected chi connectivity index (χ0v) is 12.1. The molecular weight excluding hydrogens is 264 g/mol. The molecule has 18 heavy (non-hydrogen) atoms. The molecule has 0 spiro atoms. The van der Waals surface area contributed by atoms with Crippen molar-refractivity contribution in [2.75, 3.05) is 11.9 Å². The molecule has 1 N–H and O–H groups in total. The zero-order chi connectivity index (χ0) is 12.8. The van der Waals surface area contributed by atoms with Gasteiger partial charge in [-0.2, -0.15) is 4.37 Å². The lowest BCUT2D eigenvalue weighted by Gasteiger charge is -2.04. The van der Waals surface area contributed by atoms with Crippen LogP contribution in [0.4, 0.5) is 5.69 Å². The second kappa shape index (κ2) is 6.70. The van der Waals surface area contributed by atoms with Crippen LogP contribution < -0.4 is 5.32 Å². The molecule has 0 aromatic carbocycles. The van der Waals surface area contributed by atoms with E-state index in [1.165, 1.54) is 11.5 Å². The van der Waals surface area contributed by atoms with E-state index in [2.05, 4.69) is 39.6 Å². The Morgan fingerprint density at radius 3 is 3.00 bits per heavy atom. The lowest BCUT2D eigenvalue weighted by Crippen LogP contribution is -1.97. The van der Waals surface area contributed by atoms with Crippen molar-refractivity contribution >= 4 is 29.0 Å². The Labute approximate surface area is 115 Å². The molecule has 96 valence electrons. The summed E-state index contributed by atoms with van der Waals surface area (Å²) in [6, 6.07) is 4.07. The highest BCUT2D eigenvalue weighted by molar-refractivity contribution is 8.00. The number of anilines is 1. The van der Waals surface area contributed by atoms with Gasteiger partial charge in [-0.05, 0) is 30.6 Å². The summed E-state index contributed by atoms with van der Waals surface area (Å²) in [4.78, 5) is 8.79. The van der Waals surface area contributed by atoms with E-state index in [4.69, 9.17) is 0 Å². The van der Waals surface area contributed by atoms with Gasteiger partial charge < -0.3 is 5.32 Å². The predicted octanol–water partition coefficient (Wildman–Crippen LogP) is 3.22. The Hall–Kier alpha value is -1.14. The molecule has 0 amide bonds. The maximum Gasteiger partial charge on any atom is 0.170 e. The van der Waals surface area contributed by atoms with Gasteiger partial charge in [-0.15, -0.1) is 0 Å². The summed E-state index contributed by atoms with van der Waals surface area (Å²) in [7, 11) is 0. The van der Waals surface area contributed by atoms with Crippen molar-refractivity contribution < 1.29 is 0 Å². The SMILES string of the molecule is CCNc1ccnc(CSc2nc(CC)ns2)c1. The van der Waals surface area contributed by atoms with E-state index in [0.717, 1.165) is 40.3 Å². The third-order valence-electron chi connectivity index (χ3n) is 2.31. The van der Waals surface area contributed by atoms with Gasteiger partial charge in [0, 0.05) is 30.6 Å². The van der Waals surface area contributed by atoms with Gasteiger partial charge in [0.2, 0.25) is 0 Å². The lowest BCUT2D eigenvalue weighted by molar-refractivity contribution is 0.971. The minimum atomic E-state index is 0.831. The lowest BCUT2D eigenvalue weighted by atomic mass is 10.3. The van der Waals surface area contributed by atoms with E-state index in [-0.39, 0.29) is 0 Å². The van der Waals surface area contributed by atoms with Gasteiger partial charge in [-0.3, -0.25) is 4.98 Å². The molecule has 0 unspecified atom stereocenters. The Morgan fingerprint density at radius 2 is 2.28 bits per heavy atom. The summed E-state index contributed by atoms with van der Waals surface area (Å²) in [5.41, 5.74) is 2.18. The second-order valence-corrected chi connectivity index (χ2v) is 5.66. The number of aromatic nitrogens is 3. The van der Waals surface area contributed by atoms with Crippen LogP contribution in [0.2, 0.25) is 0 Å². The molecular formula is C12H16N4S2. The first-order chi connectivity index (χ1) is 8.81. The first kappa shape index (κ1) is 13.3. The first-order valence-corrected chi connectivity index (χ1v) is 7.72. The van der Waals surface area contributed by atoms with E-state index < -0.39 is 0 Å². The maximum absolute atomic E-state index is 4.43. The second-order valence-electron chi connectivity index (χ2n) is 3.68. The molecule has 2 rings (SSSR count). The van der Waals surface area contributed by atoms with Crippen LogP contribution in [0.1, 0.15) is 25.4 Å². The summed E-state index contributed by atoms with van der Waals surface area (Å²) in [5.74, 6) is 1.76. The summed E-state index contributed by atoms with van der Waals surface area (Å²) < 4.78 is 5.29. The van der Waals surface area contributed by atoms with Crippen LogP contribution in [-0.2, 0) is 12.2 Å². The average molecular weight is 280 g/mol. The van der Waals surface area contributed by atoms with Crippen LogP contribution in [0.5, 0.6) is 0 Å². The van der Waals surface area contributed by atoms with Crippen LogP contribution in [0.25, 0.3) is 0 Å². The monoisotopic (exact) mass is 280 g/mol. The molecule has 0 aliphatic carbocycles. The van der Waals surface area contributed by atoms with Crippen LogP contribution in [-0.4, -0.2) is 20.9 Å². The average Bonchev–Trinajstić information content (AvgIpc) is 2.85. The Bertz CT molecular complexity index is 498. The van der Waals surface area contributed by atoms with Gasteiger partial charge in [0.05, 0.1) is 5.69 Å². The fraction of sp³-hybridized carbons (Fsp3) is 0.417. The molecule has 0 aliphatic heterocycles. The normalized spacial score (nSPS) is 10.6. The molecule has 2 heterocycles. The fourth-order valence-electron chi connectivity index (χ4n) is 1.45. The molecule has 0 saturated heterocycles. The predicted molar refractivity (Wildman–Crippen MR) is 77.2 cm³/mol. The quantitative estimate of drug-likeness (QED) is 0.823. The third-order valence-corrected chi connectivity index (χ3v) is 4.21. The Morgan fingerprint density at radius 1 is 1.39 bits per heavy atom. The van der Waals surface area contributed by atoms with Crippen LogP contribution >= 0.6 is 23.3 Å². The van der Waals surface area contributed by atoms with Crippen molar-refractivity contribution in [3.05, 3.63) is 29.8 Å². The highest BCUT2D eigenvalue weighted by Gasteiger charge is 2.04. The van der Waals surface area contributed by atoms with E-state index >= 15 is 0 Å². The minimum Gasteiger partial charge on any atom is -0.385 e. The van der Waals surface area contributed by atoms with Crippen molar-refractivity contribution in [2.24, 2.45) is 0 Å². The standard InChI is InChI=1S/C12H16N4S2/c1-3-11-15-12(18-16-11)17-8-10-7-9(13-4-2)5-6-14-10/h5-7H,3-4,8H2,1-2H3,(H,13,14). The molecule has 6 heteroatoms. The number of nitrogens with one attached hydrogen (secondary N) is 1. The van der Waals surface area contributed by atoms with Crippen molar-refractivity contribution in [1.82, 2.24) is 14.3 Å². The Kier molecular flexibility index (Phi) is 4.95. The zero-order valence-electron chi connectivity index (χ0n) is 10.5. The number of pyridine rings is 1. The molecule has 0 aliphatic rings. The smallest absolute Gasteiger partial charge is 0.170 e. The molecule has 2 aromatic heterocycles. The van der Waals surface area contributed by atoms with E-state index in [1.807, 2.05) is 12.3 Å². The Balaban J connectivity index is 1.94. The first-order valence-electron chi connectivity index (χ1n) is 5.96. The largest absolute Gasteiger partial charge is 0.385 e. The van der Waals surface area contributed by atoms with E-state index in [9.17, 15) is 0 Å². The van der Waals surface area contributed by atoms with Crippen molar-refractivity contribution in [1.29, 1.82) is 0 Å². The number of hydrogen-bond acceptors (Lipinski definition) is 6. The van der Waals surface area contributed by atoms with Gasteiger partial charge in [-0.1, -0.05) is 18.7 Å². The van der Waals surface area contributed by atoms with Gasteiger partial charge in [-0.25, -0.2) is 4.98 Å². The summed E-state index contributed by atoms with van der Waals surface area (Å²) in [6.45, 7) is 5.08. The number of hydrogen-bond donors (Lipinski definition) is 1. The molecule has 0 radical (unpaired) electrons. The molecule has 2 aromatic rings. The minimum absolute atomic E-state index is 0.831. The van der Waals surface area contributed by atoms with Gasteiger partial charge >= 0.3 is 0 Å². The maximum atomic E-state index is 4.43.